The number of aliphatic imine (C=N–C) groups is 1. The van der Waals surface area contributed by atoms with E-state index in [1.807, 2.05) is 30.9 Å². The van der Waals surface area contributed by atoms with E-state index in [1.54, 1.807) is 14.2 Å². The van der Waals surface area contributed by atoms with Crippen molar-refractivity contribution in [3.8, 4) is 5.75 Å². The molecule has 1 fully saturated rings. The lowest BCUT2D eigenvalue weighted by Gasteiger charge is -2.42. The molecular formula is C21H36IN3O2S. The van der Waals surface area contributed by atoms with Crippen LogP contribution in [0.2, 0.25) is 0 Å². The molecule has 0 saturated heterocycles. The predicted octanol–water partition coefficient (Wildman–Crippen LogP) is 4.41. The largest absolute Gasteiger partial charge is 0.496 e. The van der Waals surface area contributed by atoms with Gasteiger partial charge in [0, 0.05) is 44.5 Å². The third kappa shape index (κ3) is 7.99. The lowest BCUT2D eigenvalue weighted by molar-refractivity contribution is 0.0732. The zero-order chi connectivity index (χ0) is 19.5. The number of thioether (sulfide) groups is 1. The van der Waals surface area contributed by atoms with Gasteiger partial charge in [-0.1, -0.05) is 25.5 Å². The first kappa shape index (κ1) is 25.4. The number of nitrogens with one attached hydrogen (secondary N) is 2. The van der Waals surface area contributed by atoms with E-state index in [0.717, 1.165) is 43.6 Å². The summed E-state index contributed by atoms with van der Waals surface area (Å²) in [5.41, 5.74) is 0.388. The molecule has 0 aromatic heterocycles. The normalized spacial score (nSPS) is 16.5. The van der Waals surface area contributed by atoms with Crippen molar-refractivity contribution in [2.75, 3.05) is 46.7 Å². The molecule has 1 atom stereocenters. The molecule has 1 aliphatic carbocycles. The molecule has 28 heavy (non-hydrogen) atoms. The molecule has 2 rings (SSSR count). The highest BCUT2D eigenvalue weighted by molar-refractivity contribution is 14.0. The Morgan fingerprint density at radius 3 is 2.61 bits per heavy atom. The summed E-state index contributed by atoms with van der Waals surface area (Å²) in [6.07, 6.45) is 5.02. The maximum Gasteiger partial charge on any atom is 0.191 e. The Balaban J connectivity index is 0.00000392. The molecule has 5 nitrogen and oxygen atoms in total. The van der Waals surface area contributed by atoms with Gasteiger partial charge in [0.05, 0.1) is 7.11 Å². The molecule has 0 bridgehead atoms. The van der Waals surface area contributed by atoms with Crippen molar-refractivity contribution in [1.29, 1.82) is 0 Å². The number of ether oxygens (including phenoxy) is 2. The SMILES string of the molecule is CN=C(NCC(C)CSc1ccccc1OC)NCC1(CCOC)CCC1.I. The topological polar surface area (TPSA) is 54.9 Å². The van der Waals surface area contributed by atoms with Crippen molar-refractivity contribution >= 4 is 41.7 Å². The van der Waals surface area contributed by atoms with Crippen molar-refractivity contribution in [2.24, 2.45) is 16.3 Å². The van der Waals surface area contributed by atoms with Gasteiger partial charge in [0.1, 0.15) is 5.75 Å². The Labute approximate surface area is 191 Å². The van der Waals surface area contributed by atoms with Gasteiger partial charge in [0.25, 0.3) is 0 Å². The fourth-order valence-corrected chi connectivity index (χ4v) is 4.35. The van der Waals surface area contributed by atoms with E-state index in [2.05, 4.69) is 34.7 Å². The van der Waals surface area contributed by atoms with Crippen molar-refractivity contribution < 1.29 is 9.47 Å². The molecule has 0 radical (unpaired) electrons. The summed E-state index contributed by atoms with van der Waals surface area (Å²) in [6.45, 7) is 4.97. The number of methoxy groups -OCH3 is 2. The summed E-state index contributed by atoms with van der Waals surface area (Å²) in [5, 5.41) is 7.00. The van der Waals surface area contributed by atoms with Crippen LogP contribution in [0.25, 0.3) is 0 Å². The monoisotopic (exact) mass is 521 g/mol. The third-order valence-electron chi connectivity index (χ3n) is 5.32. The summed E-state index contributed by atoms with van der Waals surface area (Å²) in [4.78, 5) is 5.58. The van der Waals surface area contributed by atoms with E-state index in [9.17, 15) is 0 Å². The van der Waals surface area contributed by atoms with Crippen molar-refractivity contribution in [3.63, 3.8) is 0 Å². The van der Waals surface area contributed by atoms with E-state index in [0.29, 0.717) is 11.3 Å². The maximum atomic E-state index is 5.43. The maximum absolute atomic E-state index is 5.43. The number of benzene rings is 1. The van der Waals surface area contributed by atoms with Crippen LogP contribution in [0.3, 0.4) is 0 Å². The van der Waals surface area contributed by atoms with Crippen LogP contribution in [0.15, 0.2) is 34.2 Å². The van der Waals surface area contributed by atoms with Gasteiger partial charge < -0.3 is 20.1 Å². The summed E-state index contributed by atoms with van der Waals surface area (Å²) >= 11 is 1.84. The summed E-state index contributed by atoms with van der Waals surface area (Å²) in [5.74, 6) is 3.39. The predicted molar refractivity (Wildman–Crippen MR) is 130 cm³/mol. The highest BCUT2D eigenvalue weighted by atomic mass is 127. The zero-order valence-corrected chi connectivity index (χ0v) is 20.8. The molecule has 1 saturated carbocycles. The first-order chi connectivity index (χ1) is 13.1. The second kappa shape index (κ2) is 13.5. The molecule has 2 N–H and O–H groups in total. The number of hydrogen-bond acceptors (Lipinski definition) is 4. The van der Waals surface area contributed by atoms with Crippen LogP contribution in [0, 0.1) is 11.3 Å². The smallest absolute Gasteiger partial charge is 0.191 e. The Bertz CT molecular complexity index is 597. The third-order valence-corrected chi connectivity index (χ3v) is 6.70. The van der Waals surface area contributed by atoms with Gasteiger partial charge in [-0.05, 0) is 42.7 Å². The summed E-state index contributed by atoms with van der Waals surface area (Å²) in [6, 6.07) is 8.18. The number of guanidine groups is 1. The van der Waals surface area contributed by atoms with Crippen LogP contribution < -0.4 is 15.4 Å². The molecule has 1 aromatic rings. The van der Waals surface area contributed by atoms with Crippen molar-refractivity contribution in [2.45, 2.75) is 37.5 Å². The molecule has 1 aliphatic rings. The quantitative estimate of drug-likeness (QED) is 0.196. The molecule has 1 aromatic carbocycles. The molecule has 1 unspecified atom stereocenters. The first-order valence-electron chi connectivity index (χ1n) is 9.82. The summed E-state index contributed by atoms with van der Waals surface area (Å²) in [7, 11) is 5.35. The van der Waals surface area contributed by atoms with Crippen LogP contribution in [-0.2, 0) is 4.74 Å². The van der Waals surface area contributed by atoms with E-state index < -0.39 is 0 Å². The number of para-hydroxylation sites is 1. The van der Waals surface area contributed by atoms with Gasteiger partial charge >= 0.3 is 0 Å². The van der Waals surface area contributed by atoms with Crippen LogP contribution in [0.1, 0.15) is 32.6 Å². The van der Waals surface area contributed by atoms with Crippen LogP contribution in [0.4, 0.5) is 0 Å². The number of nitrogens with zero attached hydrogens (tertiary/aromatic N) is 1. The number of hydrogen-bond donors (Lipinski definition) is 2. The lowest BCUT2D eigenvalue weighted by Crippen LogP contribution is -2.47. The Morgan fingerprint density at radius 2 is 2.00 bits per heavy atom. The Morgan fingerprint density at radius 1 is 1.25 bits per heavy atom. The molecule has 7 heteroatoms. The van der Waals surface area contributed by atoms with Crippen LogP contribution in [0.5, 0.6) is 5.75 Å². The van der Waals surface area contributed by atoms with Crippen LogP contribution >= 0.6 is 35.7 Å². The molecule has 160 valence electrons. The van der Waals surface area contributed by atoms with E-state index in [-0.39, 0.29) is 24.0 Å². The van der Waals surface area contributed by atoms with Gasteiger partial charge in [-0.2, -0.15) is 0 Å². The van der Waals surface area contributed by atoms with Gasteiger partial charge in [-0.3, -0.25) is 4.99 Å². The van der Waals surface area contributed by atoms with Crippen molar-refractivity contribution in [1.82, 2.24) is 10.6 Å². The van der Waals surface area contributed by atoms with E-state index in [4.69, 9.17) is 9.47 Å². The number of halogens is 1. The molecular weight excluding hydrogens is 485 g/mol. The second-order valence-electron chi connectivity index (χ2n) is 7.47. The second-order valence-corrected chi connectivity index (χ2v) is 8.53. The molecule has 0 spiro atoms. The minimum atomic E-state index is 0. The van der Waals surface area contributed by atoms with Gasteiger partial charge in [0.15, 0.2) is 5.96 Å². The fourth-order valence-electron chi connectivity index (χ4n) is 3.30. The minimum Gasteiger partial charge on any atom is -0.496 e. The van der Waals surface area contributed by atoms with Gasteiger partial charge in [-0.25, -0.2) is 0 Å². The Kier molecular flexibility index (Phi) is 12.3. The highest BCUT2D eigenvalue weighted by Gasteiger charge is 2.36. The zero-order valence-electron chi connectivity index (χ0n) is 17.6. The van der Waals surface area contributed by atoms with Crippen molar-refractivity contribution in [3.05, 3.63) is 24.3 Å². The number of rotatable bonds is 11. The minimum absolute atomic E-state index is 0. The van der Waals surface area contributed by atoms with Gasteiger partial charge in [0.2, 0.25) is 0 Å². The van der Waals surface area contributed by atoms with E-state index in [1.165, 1.54) is 24.2 Å². The summed E-state index contributed by atoms with van der Waals surface area (Å²) < 4.78 is 10.7. The molecule has 0 amide bonds. The Hall–Kier alpha value is -0.670. The average molecular weight is 522 g/mol. The van der Waals surface area contributed by atoms with Crippen LogP contribution in [-0.4, -0.2) is 52.7 Å². The van der Waals surface area contributed by atoms with Gasteiger partial charge in [-0.15, -0.1) is 35.7 Å². The first-order valence-corrected chi connectivity index (χ1v) is 10.8. The lowest BCUT2D eigenvalue weighted by atomic mass is 9.67. The average Bonchev–Trinajstić information content (AvgIpc) is 2.67. The fraction of sp³-hybridized carbons (Fsp3) is 0.667. The highest BCUT2D eigenvalue weighted by Crippen LogP contribution is 2.43. The standard InChI is InChI=1S/C21H35N3O2S.HI/c1-17(15-27-19-9-6-5-8-18(19)26-4)14-23-20(22-2)24-16-21(10-7-11-21)12-13-25-3;/h5-6,8-9,17H,7,10-16H2,1-4H3,(H2,22,23,24);1H. The molecule has 0 heterocycles. The van der Waals surface area contributed by atoms with E-state index >= 15 is 0 Å². The molecule has 0 aliphatic heterocycles.